The lowest BCUT2D eigenvalue weighted by Crippen LogP contribution is -2.38. The lowest BCUT2D eigenvalue weighted by molar-refractivity contribution is 0.315. The van der Waals surface area contributed by atoms with Crippen LogP contribution >= 0.6 is 0 Å². The fourth-order valence-electron chi connectivity index (χ4n) is 3.32. The second kappa shape index (κ2) is 4.27. The van der Waals surface area contributed by atoms with Crippen LogP contribution in [0, 0.1) is 11.8 Å². The molecule has 90 valence electrons. The summed E-state index contributed by atoms with van der Waals surface area (Å²) in [6.45, 7) is 2.06. The number of hydrogen-bond donors (Lipinski definition) is 1. The Bertz CT molecular complexity index is 281. The summed E-state index contributed by atoms with van der Waals surface area (Å²) in [7, 11) is 2.14. The van der Waals surface area contributed by atoms with Crippen molar-refractivity contribution >= 4 is 5.96 Å². The highest BCUT2D eigenvalue weighted by Crippen LogP contribution is 2.44. The van der Waals surface area contributed by atoms with Crippen molar-refractivity contribution in [3.63, 3.8) is 0 Å². The van der Waals surface area contributed by atoms with Crippen LogP contribution in [-0.2, 0) is 0 Å². The van der Waals surface area contributed by atoms with Crippen molar-refractivity contribution in [3.8, 4) is 0 Å². The van der Waals surface area contributed by atoms with E-state index < -0.39 is 0 Å². The Morgan fingerprint density at radius 2 is 2.06 bits per heavy atom. The van der Waals surface area contributed by atoms with Crippen molar-refractivity contribution in [1.29, 1.82) is 0 Å². The maximum Gasteiger partial charge on any atom is 0.194 e. The van der Waals surface area contributed by atoms with E-state index in [4.69, 9.17) is 0 Å². The summed E-state index contributed by atoms with van der Waals surface area (Å²) in [4.78, 5) is 6.75. The predicted octanol–water partition coefficient (Wildman–Crippen LogP) is 1.85. The third kappa shape index (κ3) is 2.04. The van der Waals surface area contributed by atoms with Gasteiger partial charge in [0.05, 0.1) is 6.54 Å². The van der Waals surface area contributed by atoms with Gasteiger partial charge < -0.3 is 10.2 Å². The highest BCUT2D eigenvalue weighted by molar-refractivity contribution is 5.81. The minimum Gasteiger partial charge on any atom is -0.353 e. The van der Waals surface area contributed by atoms with Gasteiger partial charge in [-0.2, -0.15) is 0 Å². The van der Waals surface area contributed by atoms with E-state index in [2.05, 4.69) is 22.3 Å². The summed E-state index contributed by atoms with van der Waals surface area (Å²) >= 11 is 0. The molecule has 3 heteroatoms. The molecule has 0 aromatic rings. The van der Waals surface area contributed by atoms with Crippen molar-refractivity contribution in [2.24, 2.45) is 16.8 Å². The molecular weight excluding hydrogens is 198 g/mol. The van der Waals surface area contributed by atoms with Gasteiger partial charge in [0.25, 0.3) is 0 Å². The number of nitrogens with zero attached hydrogens (tertiary/aromatic N) is 2. The third-order valence-electron chi connectivity index (χ3n) is 4.47. The largest absolute Gasteiger partial charge is 0.353 e. The molecule has 0 spiro atoms. The van der Waals surface area contributed by atoms with E-state index in [1.165, 1.54) is 38.5 Å². The fraction of sp³-hybridized carbons (Fsp3) is 0.923. The zero-order chi connectivity index (χ0) is 11.0. The van der Waals surface area contributed by atoms with E-state index in [-0.39, 0.29) is 0 Å². The molecule has 0 amide bonds. The van der Waals surface area contributed by atoms with E-state index in [0.717, 1.165) is 36.9 Å². The van der Waals surface area contributed by atoms with Crippen LogP contribution in [0.1, 0.15) is 38.5 Å². The average molecular weight is 221 g/mol. The molecule has 3 aliphatic rings. The zero-order valence-corrected chi connectivity index (χ0v) is 10.3. The maximum absolute atomic E-state index is 4.51. The van der Waals surface area contributed by atoms with Crippen LogP contribution in [0.5, 0.6) is 0 Å². The Hall–Kier alpha value is -0.730. The second-order valence-corrected chi connectivity index (χ2v) is 5.68. The highest BCUT2D eigenvalue weighted by atomic mass is 15.3. The number of nitrogens with one attached hydrogen (secondary N) is 1. The minimum atomic E-state index is 0.738. The molecule has 1 N–H and O–H groups in total. The van der Waals surface area contributed by atoms with Gasteiger partial charge in [-0.25, -0.2) is 0 Å². The number of rotatable bonds is 2. The van der Waals surface area contributed by atoms with Gasteiger partial charge in [-0.1, -0.05) is 32.1 Å². The van der Waals surface area contributed by atoms with Crippen molar-refractivity contribution in [1.82, 2.24) is 10.2 Å². The number of aliphatic imine (C=N–C) groups is 1. The summed E-state index contributed by atoms with van der Waals surface area (Å²) in [5.74, 6) is 3.11. The Morgan fingerprint density at radius 1 is 1.25 bits per heavy atom. The van der Waals surface area contributed by atoms with Crippen LogP contribution in [0.3, 0.4) is 0 Å². The average Bonchev–Trinajstić information content (AvgIpc) is 2.97. The Morgan fingerprint density at radius 3 is 2.75 bits per heavy atom. The van der Waals surface area contributed by atoms with Crippen LogP contribution in [0.2, 0.25) is 0 Å². The molecule has 0 aromatic heterocycles. The van der Waals surface area contributed by atoms with Gasteiger partial charge in [-0.3, -0.25) is 4.99 Å². The van der Waals surface area contributed by atoms with Crippen molar-refractivity contribution in [3.05, 3.63) is 0 Å². The summed E-state index contributed by atoms with van der Waals surface area (Å²) < 4.78 is 0. The fourth-order valence-corrected chi connectivity index (χ4v) is 3.32. The zero-order valence-electron chi connectivity index (χ0n) is 10.3. The van der Waals surface area contributed by atoms with Crippen LogP contribution in [0.4, 0.5) is 0 Å². The standard InChI is InChI=1S/C13H23N3/c1-16-8-7-14-13(16)15-12-9-11(12)10-5-3-2-4-6-10/h10-12H,2-9H2,1H3,(H,14,15). The molecule has 2 saturated carbocycles. The molecule has 0 radical (unpaired) electrons. The van der Waals surface area contributed by atoms with Gasteiger partial charge in [-0.05, 0) is 18.3 Å². The molecule has 3 nitrogen and oxygen atoms in total. The van der Waals surface area contributed by atoms with Crippen LogP contribution in [0.25, 0.3) is 0 Å². The molecule has 2 aliphatic carbocycles. The molecule has 2 unspecified atom stereocenters. The van der Waals surface area contributed by atoms with Gasteiger partial charge in [0.15, 0.2) is 5.96 Å². The van der Waals surface area contributed by atoms with Crippen molar-refractivity contribution in [2.45, 2.75) is 44.6 Å². The van der Waals surface area contributed by atoms with E-state index in [1.807, 2.05) is 0 Å². The molecule has 0 aromatic carbocycles. The first-order chi connectivity index (χ1) is 7.84. The van der Waals surface area contributed by atoms with E-state index >= 15 is 0 Å². The Labute approximate surface area is 98.3 Å². The monoisotopic (exact) mass is 221 g/mol. The Kier molecular flexibility index (Phi) is 2.78. The van der Waals surface area contributed by atoms with Gasteiger partial charge in [0.1, 0.15) is 0 Å². The van der Waals surface area contributed by atoms with Crippen molar-refractivity contribution < 1.29 is 0 Å². The molecule has 3 rings (SSSR count). The lowest BCUT2D eigenvalue weighted by atomic mass is 9.85. The van der Waals surface area contributed by atoms with E-state index in [9.17, 15) is 0 Å². The summed E-state index contributed by atoms with van der Waals surface area (Å²) in [5, 5.41) is 3.63. The summed E-state index contributed by atoms with van der Waals surface area (Å²) in [5.41, 5.74) is 0. The SMILES string of the molecule is CN1CCN=C1NC1CC1C1CCCCC1. The molecule has 2 fully saturated rings. The van der Waals surface area contributed by atoms with Gasteiger partial charge in [0, 0.05) is 19.6 Å². The Balaban J connectivity index is 1.48. The quantitative estimate of drug-likeness (QED) is 0.770. The third-order valence-corrected chi connectivity index (χ3v) is 4.47. The van der Waals surface area contributed by atoms with Gasteiger partial charge >= 0.3 is 0 Å². The number of guanidine groups is 1. The molecule has 0 bridgehead atoms. The van der Waals surface area contributed by atoms with E-state index in [1.54, 1.807) is 0 Å². The predicted molar refractivity (Wildman–Crippen MR) is 66.5 cm³/mol. The first kappa shape index (κ1) is 10.4. The van der Waals surface area contributed by atoms with Crippen LogP contribution in [0.15, 0.2) is 4.99 Å². The smallest absolute Gasteiger partial charge is 0.194 e. The molecule has 2 atom stereocenters. The van der Waals surface area contributed by atoms with Crippen LogP contribution in [-0.4, -0.2) is 37.0 Å². The van der Waals surface area contributed by atoms with Gasteiger partial charge in [0.2, 0.25) is 0 Å². The topological polar surface area (TPSA) is 27.6 Å². The second-order valence-electron chi connectivity index (χ2n) is 5.68. The normalized spacial score (nSPS) is 35.1. The minimum absolute atomic E-state index is 0.738. The molecule has 16 heavy (non-hydrogen) atoms. The molecule has 1 heterocycles. The molecule has 1 aliphatic heterocycles. The number of likely N-dealkylation sites (N-methyl/N-ethyl adjacent to an activating group) is 1. The molecular formula is C13H23N3. The lowest BCUT2D eigenvalue weighted by Gasteiger charge is -2.22. The molecule has 0 saturated heterocycles. The van der Waals surface area contributed by atoms with Crippen LogP contribution < -0.4 is 5.32 Å². The van der Waals surface area contributed by atoms with Gasteiger partial charge in [-0.15, -0.1) is 0 Å². The highest BCUT2D eigenvalue weighted by Gasteiger charge is 2.43. The summed E-state index contributed by atoms with van der Waals surface area (Å²) in [6.07, 6.45) is 8.74. The maximum atomic E-state index is 4.51. The first-order valence-corrected chi connectivity index (χ1v) is 6.87. The van der Waals surface area contributed by atoms with E-state index in [0.29, 0.717) is 0 Å². The first-order valence-electron chi connectivity index (χ1n) is 6.87. The summed E-state index contributed by atoms with van der Waals surface area (Å²) in [6, 6.07) is 0.738. The van der Waals surface area contributed by atoms with Crippen molar-refractivity contribution in [2.75, 3.05) is 20.1 Å². The number of hydrogen-bond acceptors (Lipinski definition) is 3.